The maximum absolute atomic E-state index is 13.3. The number of amides is 1. The van der Waals surface area contributed by atoms with Crippen molar-refractivity contribution in [3.8, 4) is 0 Å². The molecule has 1 fully saturated rings. The maximum Gasteiger partial charge on any atom is 0.230 e. The highest BCUT2D eigenvalue weighted by Crippen LogP contribution is 2.23. The molecule has 0 radical (unpaired) electrons. The van der Waals surface area contributed by atoms with Crippen molar-refractivity contribution in [2.75, 3.05) is 13.1 Å². The molecule has 1 aliphatic heterocycles. The van der Waals surface area contributed by atoms with Crippen LogP contribution in [0.5, 0.6) is 0 Å². The Morgan fingerprint density at radius 1 is 1.24 bits per heavy atom. The highest BCUT2D eigenvalue weighted by molar-refractivity contribution is 5.83. The fourth-order valence-corrected chi connectivity index (χ4v) is 3.39. The molecule has 0 saturated carbocycles. The summed E-state index contributed by atoms with van der Waals surface area (Å²) in [5.41, 5.74) is 1.90. The van der Waals surface area contributed by atoms with Gasteiger partial charge in [0.2, 0.25) is 5.91 Å². The zero-order chi connectivity index (χ0) is 17.5. The molecular formula is C20H26N4O. The van der Waals surface area contributed by atoms with Gasteiger partial charge >= 0.3 is 0 Å². The topological polar surface area (TPSA) is 58.1 Å². The molecule has 1 aliphatic rings. The monoisotopic (exact) mass is 338 g/mol. The summed E-state index contributed by atoms with van der Waals surface area (Å²) in [4.78, 5) is 23.9. The Morgan fingerprint density at radius 3 is 2.92 bits per heavy atom. The van der Waals surface area contributed by atoms with E-state index in [2.05, 4.69) is 15.3 Å². The number of pyridine rings is 2. The fourth-order valence-electron chi connectivity index (χ4n) is 3.39. The first-order valence-corrected chi connectivity index (χ1v) is 9.06. The minimum atomic E-state index is -0.200. The Labute approximate surface area is 149 Å². The van der Waals surface area contributed by atoms with Crippen LogP contribution in [0.25, 0.3) is 0 Å². The van der Waals surface area contributed by atoms with E-state index in [9.17, 15) is 4.79 Å². The molecule has 5 heteroatoms. The van der Waals surface area contributed by atoms with E-state index in [0.29, 0.717) is 6.54 Å². The van der Waals surface area contributed by atoms with Crippen LogP contribution in [0.15, 0.2) is 48.9 Å². The predicted octanol–water partition coefficient (Wildman–Crippen LogP) is 2.75. The van der Waals surface area contributed by atoms with E-state index in [1.807, 2.05) is 42.2 Å². The summed E-state index contributed by atoms with van der Waals surface area (Å²) in [6.07, 6.45) is 8.43. The maximum atomic E-state index is 13.3. The van der Waals surface area contributed by atoms with E-state index >= 15 is 0 Å². The van der Waals surface area contributed by atoms with Crippen molar-refractivity contribution in [1.82, 2.24) is 20.2 Å². The van der Waals surface area contributed by atoms with Gasteiger partial charge in [0.05, 0.1) is 18.2 Å². The molecule has 2 aromatic rings. The molecule has 3 heterocycles. The summed E-state index contributed by atoms with van der Waals surface area (Å²) in [6.45, 7) is 4.52. The molecule has 0 unspecified atom stereocenters. The lowest BCUT2D eigenvalue weighted by Crippen LogP contribution is -2.42. The Kier molecular flexibility index (Phi) is 6.12. The highest BCUT2D eigenvalue weighted by atomic mass is 16.2. The van der Waals surface area contributed by atoms with Crippen LogP contribution in [-0.2, 0) is 11.3 Å². The quantitative estimate of drug-likeness (QED) is 0.911. The van der Waals surface area contributed by atoms with E-state index in [4.69, 9.17) is 0 Å². The van der Waals surface area contributed by atoms with Crippen LogP contribution in [0.2, 0.25) is 0 Å². The van der Waals surface area contributed by atoms with Crippen LogP contribution >= 0.6 is 0 Å². The Balaban J connectivity index is 1.82. The average Bonchev–Trinajstić information content (AvgIpc) is 2.96. The molecule has 0 aliphatic carbocycles. The van der Waals surface area contributed by atoms with Crippen molar-refractivity contribution >= 4 is 5.91 Å². The van der Waals surface area contributed by atoms with Crippen LogP contribution in [0, 0.1) is 0 Å². The van der Waals surface area contributed by atoms with Gasteiger partial charge in [-0.3, -0.25) is 14.8 Å². The SMILES string of the molecule is C[C@H](C(=O)N(Cc1ccccn1)[C@@H]1CCCNCC1)c1cccnc1. The third-order valence-corrected chi connectivity index (χ3v) is 4.88. The normalized spacial score (nSPS) is 19.0. The average molecular weight is 338 g/mol. The van der Waals surface area contributed by atoms with Crippen molar-refractivity contribution in [3.63, 3.8) is 0 Å². The third-order valence-electron chi connectivity index (χ3n) is 4.88. The Hall–Kier alpha value is -2.27. The first kappa shape index (κ1) is 17.5. The molecule has 0 spiro atoms. The van der Waals surface area contributed by atoms with Crippen LogP contribution < -0.4 is 5.32 Å². The van der Waals surface area contributed by atoms with E-state index < -0.39 is 0 Å². The van der Waals surface area contributed by atoms with E-state index in [1.165, 1.54) is 0 Å². The summed E-state index contributed by atoms with van der Waals surface area (Å²) in [5, 5.41) is 3.43. The van der Waals surface area contributed by atoms with Gasteiger partial charge in [0.1, 0.15) is 0 Å². The molecule has 2 aromatic heterocycles. The van der Waals surface area contributed by atoms with Crippen LogP contribution in [0.4, 0.5) is 0 Å². The molecule has 1 saturated heterocycles. The van der Waals surface area contributed by atoms with Crippen molar-refractivity contribution in [3.05, 3.63) is 60.2 Å². The van der Waals surface area contributed by atoms with Gasteiger partial charge in [-0.15, -0.1) is 0 Å². The molecule has 25 heavy (non-hydrogen) atoms. The van der Waals surface area contributed by atoms with Crippen LogP contribution in [0.1, 0.15) is 43.4 Å². The van der Waals surface area contributed by atoms with Crippen LogP contribution in [-0.4, -0.2) is 39.9 Å². The second kappa shape index (κ2) is 8.72. The predicted molar refractivity (Wildman–Crippen MR) is 97.9 cm³/mol. The minimum absolute atomic E-state index is 0.158. The van der Waals surface area contributed by atoms with Gasteiger partial charge in [-0.25, -0.2) is 0 Å². The summed E-state index contributed by atoms with van der Waals surface area (Å²) in [7, 11) is 0. The van der Waals surface area contributed by atoms with Gasteiger partial charge in [0.15, 0.2) is 0 Å². The molecule has 2 atom stereocenters. The van der Waals surface area contributed by atoms with Crippen molar-refractivity contribution in [2.24, 2.45) is 0 Å². The van der Waals surface area contributed by atoms with E-state index in [-0.39, 0.29) is 17.9 Å². The standard InChI is InChI=1S/C20H26N4O/c1-16(17-6-4-11-22-14-17)20(25)24(15-18-7-2-3-12-23-18)19-8-5-10-21-13-9-19/h2-4,6-7,11-12,14,16,19,21H,5,8-10,13,15H2,1H3/t16-,19+/m0/s1. The molecule has 3 rings (SSSR count). The summed E-state index contributed by atoms with van der Waals surface area (Å²) in [6, 6.07) is 9.99. The molecule has 5 nitrogen and oxygen atoms in total. The molecule has 1 amide bonds. The third kappa shape index (κ3) is 4.63. The Bertz CT molecular complexity index is 654. The Morgan fingerprint density at radius 2 is 2.16 bits per heavy atom. The molecule has 1 N–H and O–H groups in total. The molecular weight excluding hydrogens is 312 g/mol. The second-order valence-electron chi connectivity index (χ2n) is 6.63. The number of rotatable bonds is 5. The largest absolute Gasteiger partial charge is 0.333 e. The van der Waals surface area contributed by atoms with Gasteiger partial charge < -0.3 is 10.2 Å². The lowest BCUT2D eigenvalue weighted by molar-refractivity contribution is -0.135. The second-order valence-corrected chi connectivity index (χ2v) is 6.63. The smallest absolute Gasteiger partial charge is 0.230 e. The first-order valence-electron chi connectivity index (χ1n) is 9.06. The number of hydrogen-bond donors (Lipinski definition) is 1. The highest BCUT2D eigenvalue weighted by Gasteiger charge is 2.29. The van der Waals surface area contributed by atoms with E-state index in [0.717, 1.165) is 43.6 Å². The van der Waals surface area contributed by atoms with Crippen LogP contribution in [0.3, 0.4) is 0 Å². The lowest BCUT2D eigenvalue weighted by atomic mass is 9.98. The van der Waals surface area contributed by atoms with Gasteiger partial charge in [-0.05, 0) is 63.0 Å². The number of nitrogens with zero attached hydrogens (tertiary/aromatic N) is 3. The van der Waals surface area contributed by atoms with Crippen molar-refractivity contribution in [1.29, 1.82) is 0 Å². The lowest BCUT2D eigenvalue weighted by Gasteiger charge is -2.33. The molecule has 132 valence electrons. The minimum Gasteiger partial charge on any atom is -0.333 e. The number of carbonyl (C=O) groups excluding carboxylic acids is 1. The molecule has 0 bridgehead atoms. The van der Waals surface area contributed by atoms with Crippen molar-refractivity contribution in [2.45, 2.75) is 44.7 Å². The van der Waals surface area contributed by atoms with E-state index in [1.54, 1.807) is 18.6 Å². The molecule has 0 aromatic carbocycles. The van der Waals surface area contributed by atoms with Gasteiger partial charge in [-0.1, -0.05) is 12.1 Å². The van der Waals surface area contributed by atoms with Gasteiger partial charge in [0, 0.05) is 24.6 Å². The summed E-state index contributed by atoms with van der Waals surface area (Å²) < 4.78 is 0. The summed E-state index contributed by atoms with van der Waals surface area (Å²) in [5.74, 6) is -0.0424. The number of nitrogens with one attached hydrogen (secondary N) is 1. The summed E-state index contributed by atoms with van der Waals surface area (Å²) >= 11 is 0. The number of aromatic nitrogens is 2. The zero-order valence-electron chi connectivity index (χ0n) is 14.8. The first-order chi connectivity index (χ1) is 12.3. The van der Waals surface area contributed by atoms with Gasteiger partial charge in [-0.2, -0.15) is 0 Å². The fraction of sp³-hybridized carbons (Fsp3) is 0.450. The van der Waals surface area contributed by atoms with Gasteiger partial charge in [0.25, 0.3) is 0 Å². The number of hydrogen-bond acceptors (Lipinski definition) is 4. The number of carbonyl (C=O) groups is 1. The zero-order valence-corrected chi connectivity index (χ0v) is 14.8. The van der Waals surface area contributed by atoms with Crippen molar-refractivity contribution < 1.29 is 4.79 Å².